The summed E-state index contributed by atoms with van der Waals surface area (Å²) < 4.78 is 5.58. The van der Waals surface area contributed by atoms with Gasteiger partial charge in [0.2, 0.25) is 0 Å². The third-order valence-corrected chi connectivity index (χ3v) is 4.33. The number of amides is 1. The van der Waals surface area contributed by atoms with Crippen LogP contribution >= 0.6 is 0 Å². The third kappa shape index (κ3) is 4.38. The van der Waals surface area contributed by atoms with E-state index in [1.165, 1.54) is 0 Å². The highest BCUT2D eigenvalue weighted by Crippen LogP contribution is 2.28. The van der Waals surface area contributed by atoms with Crippen molar-refractivity contribution in [3.63, 3.8) is 0 Å². The molecule has 0 heterocycles. The predicted octanol–water partition coefficient (Wildman–Crippen LogP) is 3.00. The van der Waals surface area contributed by atoms with Crippen LogP contribution in [0.1, 0.15) is 25.8 Å². The van der Waals surface area contributed by atoms with Gasteiger partial charge in [0.05, 0.1) is 0 Å². The average molecular weight is 341 g/mol. The summed E-state index contributed by atoms with van der Waals surface area (Å²) in [5.74, 6) is -0.717. The molecule has 0 aliphatic carbocycles. The van der Waals surface area contributed by atoms with Gasteiger partial charge >= 0.3 is 5.97 Å². The Morgan fingerprint density at radius 3 is 2.16 bits per heavy atom. The Morgan fingerprint density at radius 2 is 1.64 bits per heavy atom. The summed E-state index contributed by atoms with van der Waals surface area (Å²) in [4.78, 5) is 24.3. The molecule has 0 spiro atoms. The average Bonchev–Trinajstić information content (AvgIpc) is 2.64. The zero-order chi connectivity index (χ0) is 18.3. The van der Waals surface area contributed by atoms with Crippen molar-refractivity contribution in [2.75, 3.05) is 6.54 Å². The van der Waals surface area contributed by atoms with Gasteiger partial charge < -0.3 is 15.2 Å². The lowest BCUT2D eigenvalue weighted by Crippen LogP contribution is -2.48. The monoisotopic (exact) mass is 341 g/mol. The molecule has 2 aromatic carbocycles. The highest BCUT2D eigenvalue weighted by molar-refractivity contribution is 5.85. The van der Waals surface area contributed by atoms with Crippen molar-refractivity contribution >= 4 is 11.9 Å². The molecule has 2 aromatic rings. The fraction of sp³-hybridized carbons (Fsp3) is 0.300. The Bertz CT molecular complexity index is 702. The van der Waals surface area contributed by atoms with Crippen LogP contribution in [0, 0.1) is 0 Å². The number of nitrogens with one attached hydrogen (secondary N) is 1. The topological polar surface area (TPSA) is 75.6 Å². The molecule has 132 valence electrons. The van der Waals surface area contributed by atoms with E-state index in [9.17, 15) is 14.7 Å². The number of carboxylic acids is 1. The van der Waals surface area contributed by atoms with Gasteiger partial charge in [-0.25, -0.2) is 0 Å². The number of hydrogen-bond acceptors (Lipinski definition) is 3. The van der Waals surface area contributed by atoms with Gasteiger partial charge in [-0.05, 0) is 31.0 Å². The number of benzene rings is 2. The molecular weight excluding hydrogens is 318 g/mol. The molecule has 5 heteroatoms. The Morgan fingerprint density at radius 1 is 1.08 bits per heavy atom. The second-order valence-electron chi connectivity index (χ2n) is 5.90. The summed E-state index contributed by atoms with van der Waals surface area (Å²) in [7, 11) is 0. The predicted molar refractivity (Wildman–Crippen MR) is 95.6 cm³/mol. The van der Waals surface area contributed by atoms with Gasteiger partial charge in [-0.1, -0.05) is 55.5 Å². The van der Waals surface area contributed by atoms with Crippen molar-refractivity contribution in [3.05, 3.63) is 66.2 Å². The van der Waals surface area contributed by atoms with E-state index in [2.05, 4.69) is 5.32 Å². The van der Waals surface area contributed by atoms with Crippen LogP contribution in [0.25, 0.3) is 0 Å². The zero-order valence-electron chi connectivity index (χ0n) is 14.4. The van der Waals surface area contributed by atoms with Gasteiger partial charge in [-0.15, -0.1) is 0 Å². The molecular formula is C20H23NO4. The van der Waals surface area contributed by atoms with Crippen LogP contribution in [0.3, 0.4) is 0 Å². The number of ether oxygens (including phenoxy) is 1. The summed E-state index contributed by atoms with van der Waals surface area (Å²) in [5.41, 5.74) is -0.495. The Kier molecular flexibility index (Phi) is 6.17. The van der Waals surface area contributed by atoms with E-state index in [4.69, 9.17) is 4.74 Å². The minimum Gasteiger partial charge on any atom is -0.481 e. The van der Waals surface area contributed by atoms with E-state index in [0.29, 0.717) is 17.7 Å². The molecule has 0 aromatic heterocycles. The molecule has 0 bridgehead atoms. The normalized spacial score (nSPS) is 14.2. The van der Waals surface area contributed by atoms with Crippen LogP contribution in [0.2, 0.25) is 0 Å². The molecule has 1 amide bonds. The van der Waals surface area contributed by atoms with E-state index < -0.39 is 17.5 Å². The molecule has 25 heavy (non-hydrogen) atoms. The molecule has 2 unspecified atom stereocenters. The third-order valence-electron chi connectivity index (χ3n) is 4.33. The second-order valence-corrected chi connectivity index (χ2v) is 5.90. The maximum Gasteiger partial charge on any atom is 0.315 e. The lowest BCUT2D eigenvalue weighted by Gasteiger charge is -2.29. The van der Waals surface area contributed by atoms with Crippen LogP contribution in [0.4, 0.5) is 0 Å². The van der Waals surface area contributed by atoms with E-state index >= 15 is 0 Å². The summed E-state index contributed by atoms with van der Waals surface area (Å²) >= 11 is 0. The first-order valence-electron chi connectivity index (χ1n) is 8.28. The van der Waals surface area contributed by atoms with E-state index in [0.717, 1.165) is 0 Å². The SMILES string of the molecule is CCC(CNC(=O)C(C)Oc1ccccc1)(C(=O)O)c1ccccc1. The van der Waals surface area contributed by atoms with Crippen LogP contribution < -0.4 is 10.1 Å². The first kappa shape index (κ1) is 18.5. The van der Waals surface area contributed by atoms with Crippen LogP contribution in [0.15, 0.2) is 60.7 Å². The van der Waals surface area contributed by atoms with Crippen molar-refractivity contribution < 1.29 is 19.4 Å². The zero-order valence-corrected chi connectivity index (χ0v) is 14.4. The second kappa shape index (κ2) is 8.33. The van der Waals surface area contributed by atoms with Gasteiger partial charge in [0.25, 0.3) is 5.91 Å². The standard InChI is InChI=1S/C20H23NO4/c1-3-20(19(23)24,16-10-6-4-7-11-16)14-21-18(22)15(2)25-17-12-8-5-9-13-17/h4-13,15H,3,14H2,1-2H3,(H,21,22)(H,23,24). The summed E-state index contributed by atoms with van der Waals surface area (Å²) in [5, 5.41) is 12.5. The van der Waals surface area contributed by atoms with Crippen LogP contribution in [-0.4, -0.2) is 29.6 Å². The van der Waals surface area contributed by atoms with E-state index in [1.54, 1.807) is 50.2 Å². The summed E-state index contributed by atoms with van der Waals surface area (Å²) in [6.07, 6.45) is -0.359. The van der Waals surface area contributed by atoms with Gasteiger partial charge in [0.1, 0.15) is 11.2 Å². The van der Waals surface area contributed by atoms with Crippen molar-refractivity contribution in [1.82, 2.24) is 5.32 Å². The summed E-state index contributed by atoms with van der Waals surface area (Å²) in [6, 6.07) is 18.0. The van der Waals surface area contributed by atoms with Crippen molar-refractivity contribution in [2.24, 2.45) is 0 Å². The Hall–Kier alpha value is -2.82. The number of para-hydroxylation sites is 1. The molecule has 0 saturated heterocycles. The number of carboxylic acid groups (broad SMARTS) is 1. The molecule has 0 fully saturated rings. The lowest BCUT2D eigenvalue weighted by atomic mass is 9.78. The fourth-order valence-electron chi connectivity index (χ4n) is 2.68. The summed E-state index contributed by atoms with van der Waals surface area (Å²) in [6.45, 7) is 3.45. The minimum atomic E-state index is -1.16. The first-order valence-corrected chi connectivity index (χ1v) is 8.28. The molecule has 0 aliphatic rings. The number of aliphatic carboxylic acids is 1. The van der Waals surface area contributed by atoms with Crippen molar-refractivity contribution in [1.29, 1.82) is 0 Å². The number of carbonyl (C=O) groups is 2. The lowest BCUT2D eigenvalue weighted by molar-refractivity contribution is -0.144. The van der Waals surface area contributed by atoms with Crippen molar-refractivity contribution in [2.45, 2.75) is 31.8 Å². The molecule has 0 aliphatic heterocycles. The largest absolute Gasteiger partial charge is 0.481 e. The minimum absolute atomic E-state index is 0.00414. The first-order chi connectivity index (χ1) is 12.0. The maximum absolute atomic E-state index is 12.3. The molecule has 5 nitrogen and oxygen atoms in total. The van der Waals surface area contributed by atoms with Gasteiger partial charge in [0, 0.05) is 6.54 Å². The molecule has 2 rings (SSSR count). The molecule has 2 N–H and O–H groups in total. The Labute approximate surface area is 147 Å². The maximum atomic E-state index is 12.3. The highest BCUT2D eigenvalue weighted by atomic mass is 16.5. The molecule has 2 atom stereocenters. The number of rotatable bonds is 8. The molecule has 0 radical (unpaired) electrons. The number of carbonyl (C=O) groups excluding carboxylic acids is 1. The smallest absolute Gasteiger partial charge is 0.315 e. The van der Waals surface area contributed by atoms with Crippen LogP contribution in [-0.2, 0) is 15.0 Å². The van der Waals surface area contributed by atoms with Crippen LogP contribution in [0.5, 0.6) is 5.75 Å². The van der Waals surface area contributed by atoms with E-state index in [1.807, 2.05) is 24.3 Å². The fourth-order valence-corrected chi connectivity index (χ4v) is 2.68. The Balaban J connectivity index is 2.07. The quantitative estimate of drug-likeness (QED) is 0.774. The van der Waals surface area contributed by atoms with Crippen molar-refractivity contribution in [3.8, 4) is 5.75 Å². The van der Waals surface area contributed by atoms with Gasteiger partial charge in [0.15, 0.2) is 6.10 Å². The highest BCUT2D eigenvalue weighted by Gasteiger charge is 2.39. The van der Waals surface area contributed by atoms with E-state index in [-0.39, 0.29) is 12.5 Å². The molecule has 0 saturated carbocycles. The van der Waals surface area contributed by atoms with Gasteiger partial charge in [-0.3, -0.25) is 9.59 Å². The van der Waals surface area contributed by atoms with Gasteiger partial charge in [-0.2, -0.15) is 0 Å². The number of hydrogen-bond donors (Lipinski definition) is 2.